The van der Waals surface area contributed by atoms with Gasteiger partial charge in [0.15, 0.2) is 34.8 Å². The summed E-state index contributed by atoms with van der Waals surface area (Å²) in [5.74, 6) is -5.40. The summed E-state index contributed by atoms with van der Waals surface area (Å²) < 4.78 is 93.0. The van der Waals surface area contributed by atoms with E-state index in [1.807, 2.05) is 6.08 Å². The van der Waals surface area contributed by atoms with Gasteiger partial charge in [0.25, 0.3) is 0 Å². The molecular formula is C35H36F6O. The van der Waals surface area contributed by atoms with E-state index >= 15 is 8.78 Å². The predicted octanol–water partition coefficient (Wildman–Crippen LogP) is 10.5. The Morgan fingerprint density at radius 1 is 0.690 bits per heavy atom. The summed E-state index contributed by atoms with van der Waals surface area (Å²) in [4.78, 5) is 0. The summed E-state index contributed by atoms with van der Waals surface area (Å²) in [6.07, 6.45) is 7.25. The maximum atomic E-state index is 15.2. The number of halogens is 6. The Labute approximate surface area is 243 Å². The van der Waals surface area contributed by atoms with Crippen LogP contribution in [0.4, 0.5) is 26.3 Å². The molecule has 2 aliphatic carbocycles. The lowest BCUT2D eigenvalue weighted by atomic mass is 9.75. The van der Waals surface area contributed by atoms with Crippen LogP contribution in [-0.2, 0) is 6.42 Å². The topological polar surface area (TPSA) is 9.23 Å². The van der Waals surface area contributed by atoms with E-state index in [2.05, 4.69) is 0 Å². The van der Waals surface area contributed by atoms with Crippen molar-refractivity contribution in [2.75, 3.05) is 6.61 Å². The summed E-state index contributed by atoms with van der Waals surface area (Å²) in [6.45, 7) is 3.47. The van der Waals surface area contributed by atoms with Crippen molar-refractivity contribution in [2.45, 2.75) is 83.5 Å². The molecule has 0 bridgehead atoms. The van der Waals surface area contributed by atoms with Gasteiger partial charge < -0.3 is 4.74 Å². The molecule has 1 atom stereocenters. The van der Waals surface area contributed by atoms with E-state index in [9.17, 15) is 17.6 Å². The Bertz CT molecular complexity index is 1470. The maximum absolute atomic E-state index is 15.2. The van der Waals surface area contributed by atoms with Crippen molar-refractivity contribution in [1.29, 1.82) is 0 Å². The SMILES string of the molecule is CCOc1ccc(C2CCC(c3ccc(CCC4CC=C(c5ccc(C)c(F)c5F)CC4)c(F)c3F)CC2)c(F)c1F. The first-order valence-electron chi connectivity index (χ1n) is 14.9. The van der Waals surface area contributed by atoms with Crippen LogP contribution in [0.1, 0.15) is 97.9 Å². The highest BCUT2D eigenvalue weighted by molar-refractivity contribution is 5.67. The van der Waals surface area contributed by atoms with Gasteiger partial charge in [0.1, 0.15) is 0 Å². The minimum Gasteiger partial charge on any atom is -0.491 e. The smallest absolute Gasteiger partial charge is 0.200 e. The largest absolute Gasteiger partial charge is 0.491 e. The molecule has 0 saturated heterocycles. The second-order valence-corrected chi connectivity index (χ2v) is 11.7. The lowest BCUT2D eigenvalue weighted by molar-refractivity contribution is 0.310. The van der Waals surface area contributed by atoms with Gasteiger partial charge in [0, 0.05) is 5.56 Å². The molecule has 5 rings (SSSR count). The normalized spacial score (nSPS) is 20.9. The molecule has 0 N–H and O–H groups in total. The van der Waals surface area contributed by atoms with E-state index < -0.39 is 34.9 Å². The van der Waals surface area contributed by atoms with Crippen molar-refractivity contribution in [3.8, 4) is 5.75 Å². The van der Waals surface area contributed by atoms with Crippen molar-refractivity contribution >= 4 is 5.57 Å². The van der Waals surface area contributed by atoms with Crippen LogP contribution in [0.3, 0.4) is 0 Å². The van der Waals surface area contributed by atoms with Crippen molar-refractivity contribution in [3.63, 3.8) is 0 Å². The number of hydrogen-bond donors (Lipinski definition) is 0. The average Bonchev–Trinajstić information content (AvgIpc) is 3.00. The molecule has 3 aromatic rings. The van der Waals surface area contributed by atoms with E-state index in [1.54, 1.807) is 37.3 Å². The number of benzene rings is 3. The number of ether oxygens (including phenoxy) is 1. The van der Waals surface area contributed by atoms with Gasteiger partial charge in [-0.25, -0.2) is 22.0 Å². The van der Waals surface area contributed by atoms with Crippen molar-refractivity contribution in [3.05, 3.63) is 105 Å². The van der Waals surface area contributed by atoms with Gasteiger partial charge in [-0.3, -0.25) is 0 Å². The molecule has 0 aliphatic heterocycles. The quantitative estimate of drug-likeness (QED) is 0.239. The van der Waals surface area contributed by atoms with Crippen molar-refractivity contribution in [2.24, 2.45) is 5.92 Å². The minimum absolute atomic E-state index is 0.107. The highest BCUT2D eigenvalue weighted by Gasteiger charge is 2.30. The standard InChI is InChI=1S/C35H36F6O/c1-3-42-29-19-18-28(34(40)35(29)41)24-13-11-23(12-14-24)27-17-15-25(31(37)33(27)39)10-7-21-5-8-22(9-6-21)26-16-4-20(2)30(36)32(26)38/h4,8,15-19,21,23-24H,3,5-7,9-14H2,1-2H3. The molecule has 224 valence electrons. The molecule has 7 heteroatoms. The summed E-state index contributed by atoms with van der Waals surface area (Å²) >= 11 is 0. The first kappa shape index (κ1) is 30.2. The molecule has 0 amide bonds. The third-order valence-electron chi connectivity index (χ3n) is 9.14. The zero-order valence-corrected chi connectivity index (χ0v) is 24.0. The molecule has 3 aromatic carbocycles. The fourth-order valence-electron chi connectivity index (χ4n) is 6.61. The van der Waals surface area contributed by atoms with Crippen LogP contribution in [-0.4, -0.2) is 6.61 Å². The van der Waals surface area contributed by atoms with Crippen LogP contribution in [0.25, 0.3) is 5.57 Å². The second kappa shape index (κ2) is 13.0. The Balaban J connectivity index is 1.18. The highest BCUT2D eigenvalue weighted by atomic mass is 19.2. The van der Waals surface area contributed by atoms with Crippen LogP contribution in [0.5, 0.6) is 5.75 Å². The lowest BCUT2D eigenvalue weighted by Gasteiger charge is -2.30. The van der Waals surface area contributed by atoms with E-state index in [0.717, 1.165) is 12.0 Å². The molecule has 0 heterocycles. The summed E-state index contributed by atoms with van der Waals surface area (Å²) in [6, 6.07) is 9.54. The van der Waals surface area contributed by atoms with Crippen molar-refractivity contribution < 1.29 is 31.1 Å². The van der Waals surface area contributed by atoms with Gasteiger partial charge in [0.2, 0.25) is 5.82 Å². The zero-order chi connectivity index (χ0) is 30.0. The van der Waals surface area contributed by atoms with E-state index in [-0.39, 0.29) is 35.7 Å². The molecule has 1 saturated carbocycles. The Hall–Kier alpha value is -3.22. The molecule has 0 radical (unpaired) electrons. The number of allylic oxidation sites excluding steroid dienone is 2. The number of hydrogen-bond acceptors (Lipinski definition) is 1. The minimum atomic E-state index is -0.986. The van der Waals surface area contributed by atoms with Crippen LogP contribution < -0.4 is 4.74 Å². The molecule has 0 spiro atoms. The highest BCUT2D eigenvalue weighted by Crippen LogP contribution is 2.43. The third-order valence-corrected chi connectivity index (χ3v) is 9.14. The molecule has 42 heavy (non-hydrogen) atoms. The maximum Gasteiger partial charge on any atom is 0.200 e. The Morgan fingerprint density at radius 2 is 1.33 bits per heavy atom. The summed E-state index contributed by atoms with van der Waals surface area (Å²) in [5.41, 5.74) is 2.33. The fraction of sp³-hybridized carbons (Fsp3) is 0.429. The molecule has 1 nitrogen and oxygen atoms in total. The molecule has 1 unspecified atom stereocenters. The third kappa shape index (κ3) is 6.11. The predicted molar refractivity (Wildman–Crippen MR) is 153 cm³/mol. The number of rotatable bonds is 8. The van der Waals surface area contributed by atoms with Gasteiger partial charge in [0.05, 0.1) is 6.61 Å². The van der Waals surface area contributed by atoms with E-state index in [1.165, 1.54) is 13.0 Å². The monoisotopic (exact) mass is 586 g/mol. The van der Waals surface area contributed by atoms with Crippen molar-refractivity contribution in [1.82, 2.24) is 0 Å². The fourth-order valence-corrected chi connectivity index (χ4v) is 6.61. The van der Waals surface area contributed by atoms with Crippen LogP contribution >= 0.6 is 0 Å². The average molecular weight is 587 g/mol. The lowest BCUT2D eigenvalue weighted by Crippen LogP contribution is -2.16. The first-order chi connectivity index (χ1) is 20.2. The summed E-state index contributed by atoms with van der Waals surface area (Å²) in [5, 5.41) is 0. The Morgan fingerprint density at radius 3 is 1.95 bits per heavy atom. The second-order valence-electron chi connectivity index (χ2n) is 11.7. The Kier molecular flexibility index (Phi) is 9.34. The summed E-state index contributed by atoms with van der Waals surface area (Å²) in [7, 11) is 0. The molecular weight excluding hydrogens is 550 g/mol. The van der Waals surface area contributed by atoms with E-state index in [4.69, 9.17) is 4.74 Å². The molecule has 0 aromatic heterocycles. The van der Waals surface area contributed by atoms with Gasteiger partial charge in [-0.05, 0) is 123 Å². The van der Waals surface area contributed by atoms with Gasteiger partial charge >= 0.3 is 0 Å². The molecule has 1 fully saturated rings. The van der Waals surface area contributed by atoms with Crippen LogP contribution in [0, 0.1) is 47.7 Å². The van der Waals surface area contributed by atoms with Gasteiger partial charge in [-0.2, -0.15) is 4.39 Å². The van der Waals surface area contributed by atoms with Crippen LogP contribution in [0.2, 0.25) is 0 Å². The zero-order valence-electron chi connectivity index (χ0n) is 24.0. The first-order valence-corrected chi connectivity index (χ1v) is 14.9. The molecule has 2 aliphatic rings. The van der Waals surface area contributed by atoms with E-state index in [0.29, 0.717) is 73.6 Å². The van der Waals surface area contributed by atoms with Gasteiger partial charge in [-0.1, -0.05) is 36.4 Å². The van der Waals surface area contributed by atoms with Gasteiger partial charge in [-0.15, -0.1) is 0 Å². The number of aryl methyl sites for hydroxylation is 2. The van der Waals surface area contributed by atoms with Crippen LogP contribution in [0.15, 0.2) is 42.5 Å².